The van der Waals surface area contributed by atoms with Gasteiger partial charge < -0.3 is 0 Å². The van der Waals surface area contributed by atoms with E-state index in [-0.39, 0.29) is 0 Å². The first kappa shape index (κ1) is 9.26. The van der Waals surface area contributed by atoms with Crippen molar-refractivity contribution < 1.29 is 0 Å². The Morgan fingerprint density at radius 3 is 3.00 bits per heavy atom. The summed E-state index contributed by atoms with van der Waals surface area (Å²) < 4.78 is 0. The molecule has 0 aliphatic heterocycles. The molecule has 0 fully saturated rings. The van der Waals surface area contributed by atoms with E-state index in [1.807, 2.05) is 6.08 Å². The van der Waals surface area contributed by atoms with Gasteiger partial charge in [0.2, 0.25) is 0 Å². The van der Waals surface area contributed by atoms with Crippen molar-refractivity contribution in [1.29, 1.82) is 0 Å². The van der Waals surface area contributed by atoms with Crippen LogP contribution < -0.4 is 0 Å². The normalized spacial score (nSPS) is 23.0. The van der Waals surface area contributed by atoms with Gasteiger partial charge in [0.15, 0.2) is 0 Å². The first-order chi connectivity index (χ1) is 6.92. The number of allylic oxidation sites excluding steroid dienone is 9. The Labute approximate surface area is 86.0 Å². The van der Waals surface area contributed by atoms with Gasteiger partial charge in [-0.05, 0) is 30.4 Å². The lowest BCUT2D eigenvalue weighted by atomic mass is 9.94. The van der Waals surface area contributed by atoms with Gasteiger partial charge in [-0.1, -0.05) is 42.5 Å². The van der Waals surface area contributed by atoms with Crippen molar-refractivity contribution in [1.82, 2.24) is 0 Å². The zero-order valence-electron chi connectivity index (χ0n) is 8.45. The van der Waals surface area contributed by atoms with Crippen molar-refractivity contribution in [3.05, 3.63) is 60.3 Å². The number of rotatable bonds is 4. The van der Waals surface area contributed by atoms with Crippen LogP contribution >= 0.6 is 0 Å². The number of hydrogen-bond donors (Lipinski definition) is 0. The lowest BCUT2D eigenvalue weighted by molar-refractivity contribution is 0.839. The van der Waals surface area contributed by atoms with Crippen molar-refractivity contribution in [2.45, 2.75) is 19.3 Å². The Bertz CT molecular complexity index is 337. The van der Waals surface area contributed by atoms with E-state index in [1.165, 1.54) is 24.0 Å². The summed E-state index contributed by atoms with van der Waals surface area (Å²) in [4.78, 5) is 0. The molecule has 2 aliphatic carbocycles. The molecular formula is C14H16. The Balaban J connectivity index is 2.04. The second kappa shape index (κ2) is 4.28. The number of unbranched alkanes of at least 4 members (excludes halogenated alkanes) is 1. The van der Waals surface area contributed by atoms with Crippen molar-refractivity contribution >= 4 is 0 Å². The van der Waals surface area contributed by atoms with Gasteiger partial charge in [-0.2, -0.15) is 0 Å². The Morgan fingerprint density at radius 1 is 1.21 bits per heavy atom. The molecule has 0 heteroatoms. The molecule has 0 heterocycles. The van der Waals surface area contributed by atoms with E-state index in [0.29, 0.717) is 5.92 Å². The fraction of sp³-hybridized carbons (Fsp3) is 0.286. The minimum atomic E-state index is 0.554. The first-order valence-corrected chi connectivity index (χ1v) is 5.29. The maximum Gasteiger partial charge on any atom is 0.0207 e. The van der Waals surface area contributed by atoms with Crippen molar-refractivity contribution in [2.75, 3.05) is 0 Å². The largest absolute Gasteiger partial charge is 0.103 e. The monoisotopic (exact) mass is 184 g/mol. The van der Waals surface area contributed by atoms with Crippen molar-refractivity contribution in [2.24, 2.45) is 5.92 Å². The van der Waals surface area contributed by atoms with Crippen LogP contribution in [-0.2, 0) is 0 Å². The molecule has 0 radical (unpaired) electrons. The summed E-state index contributed by atoms with van der Waals surface area (Å²) in [5, 5.41) is 0. The molecule has 0 aromatic rings. The van der Waals surface area contributed by atoms with E-state index in [1.54, 1.807) is 0 Å². The van der Waals surface area contributed by atoms with Crippen molar-refractivity contribution in [3.63, 3.8) is 0 Å². The number of fused-ring (bicyclic) bond motifs is 1. The maximum absolute atomic E-state index is 3.75. The van der Waals surface area contributed by atoms with Gasteiger partial charge >= 0.3 is 0 Å². The highest BCUT2D eigenvalue weighted by atomic mass is 14.2. The van der Waals surface area contributed by atoms with E-state index in [2.05, 4.69) is 43.0 Å². The highest BCUT2D eigenvalue weighted by molar-refractivity contribution is 5.48. The summed E-state index contributed by atoms with van der Waals surface area (Å²) in [7, 11) is 0. The zero-order chi connectivity index (χ0) is 9.80. The molecule has 1 atom stereocenters. The fourth-order valence-electron chi connectivity index (χ4n) is 2.03. The molecule has 0 saturated carbocycles. The van der Waals surface area contributed by atoms with E-state index in [4.69, 9.17) is 0 Å². The van der Waals surface area contributed by atoms with Crippen LogP contribution in [0.2, 0.25) is 0 Å². The maximum atomic E-state index is 3.75. The average molecular weight is 184 g/mol. The molecule has 0 nitrogen and oxygen atoms in total. The molecule has 0 aromatic heterocycles. The molecule has 0 N–H and O–H groups in total. The quantitative estimate of drug-likeness (QED) is 0.458. The molecule has 2 rings (SSSR count). The van der Waals surface area contributed by atoms with Gasteiger partial charge in [0.05, 0.1) is 0 Å². The van der Waals surface area contributed by atoms with Crippen LogP contribution in [0.25, 0.3) is 0 Å². The molecule has 0 spiro atoms. The highest BCUT2D eigenvalue weighted by Gasteiger charge is 2.16. The second-order valence-corrected chi connectivity index (χ2v) is 3.79. The molecular weight excluding hydrogens is 168 g/mol. The van der Waals surface area contributed by atoms with Gasteiger partial charge in [-0.25, -0.2) is 0 Å². The van der Waals surface area contributed by atoms with Gasteiger partial charge in [0.1, 0.15) is 0 Å². The molecule has 0 saturated heterocycles. The Kier molecular flexibility index (Phi) is 2.83. The third kappa shape index (κ3) is 1.79. The lowest BCUT2D eigenvalue weighted by Gasteiger charge is -2.10. The smallest absolute Gasteiger partial charge is 0.0207 e. The molecule has 72 valence electrons. The van der Waals surface area contributed by atoms with Gasteiger partial charge in [0, 0.05) is 5.92 Å². The van der Waals surface area contributed by atoms with Crippen molar-refractivity contribution in [3.8, 4) is 0 Å². The van der Waals surface area contributed by atoms with E-state index in [9.17, 15) is 0 Å². The summed E-state index contributed by atoms with van der Waals surface area (Å²) in [6.07, 6.45) is 18.9. The standard InChI is InChI=1S/C14H16/c1-2-3-4-7-12-10-11-13-8-5-6-9-14(12)13/h2,5-6,8-11,13H,1,3-4,7H2. The van der Waals surface area contributed by atoms with Crippen LogP contribution in [0.15, 0.2) is 60.3 Å². The molecule has 14 heavy (non-hydrogen) atoms. The molecule has 1 unspecified atom stereocenters. The topological polar surface area (TPSA) is 0 Å². The SMILES string of the molecule is C=CCCCC1=C2C=CC=CC2C=C1. The van der Waals surface area contributed by atoms with E-state index < -0.39 is 0 Å². The first-order valence-electron chi connectivity index (χ1n) is 5.29. The van der Waals surface area contributed by atoms with Gasteiger partial charge in [-0.3, -0.25) is 0 Å². The molecule has 0 aromatic carbocycles. The molecule has 2 aliphatic rings. The summed E-state index contributed by atoms with van der Waals surface area (Å²) >= 11 is 0. The predicted molar refractivity (Wildman–Crippen MR) is 62.0 cm³/mol. The van der Waals surface area contributed by atoms with Crippen LogP contribution in [0.5, 0.6) is 0 Å². The third-order valence-corrected chi connectivity index (χ3v) is 2.79. The third-order valence-electron chi connectivity index (χ3n) is 2.79. The van der Waals surface area contributed by atoms with Crippen LogP contribution in [0.4, 0.5) is 0 Å². The Morgan fingerprint density at radius 2 is 2.14 bits per heavy atom. The van der Waals surface area contributed by atoms with E-state index in [0.717, 1.165) is 6.42 Å². The van der Waals surface area contributed by atoms with Crippen LogP contribution in [0.3, 0.4) is 0 Å². The minimum absolute atomic E-state index is 0.554. The van der Waals surface area contributed by atoms with Gasteiger partial charge in [0.25, 0.3) is 0 Å². The molecule has 0 amide bonds. The second-order valence-electron chi connectivity index (χ2n) is 3.79. The van der Waals surface area contributed by atoms with E-state index >= 15 is 0 Å². The highest BCUT2D eigenvalue weighted by Crippen LogP contribution is 2.32. The number of hydrogen-bond acceptors (Lipinski definition) is 0. The summed E-state index contributed by atoms with van der Waals surface area (Å²) in [6, 6.07) is 0. The lowest BCUT2D eigenvalue weighted by Crippen LogP contribution is -1.95. The van der Waals surface area contributed by atoms with Crippen LogP contribution in [0, 0.1) is 5.92 Å². The average Bonchev–Trinajstić information content (AvgIpc) is 2.63. The summed E-state index contributed by atoms with van der Waals surface area (Å²) in [5.41, 5.74) is 3.01. The predicted octanol–water partition coefficient (Wildman–Crippen LogP) is 3.95. The minimum Gasteiger partial charge on any atom is -0.103 e. The summed E-state index contributed by atoms with van der Waals surface area (Å²) in [5.74, 6) is 0.554. The van der Waals surface area contributed by atoms with Gasteiger partial charge in [-0.15, -0.1) is 6.58 Å². The van der Waals surface area contributed by atoms with Crippen LogP contribution in [-0.4, -0.2) is 0 Å². The van der Waals surface area contributed by atoms with Crippen LogP contribution in [0.1, 0.15) is 19.3 Å². The Hall–Kier alpha value is -1.30. The zero-order valence-corrected chi connectivity index (χ0v) is 8.45. The molecule has 0 bridgehead atoms. The summed E-state index contributed by atoms with van der Waals surface area (Å²) in [6.45, 7) is 3.75. The fourth-order valence-corrected chi connectivity index (χ4v) is 2.03.